The topological polar surface area (TPSA) is 68.8 Å². The predicted octanol–water partition coefficient (Wildman–Crippen LogP) is 8.25. The first-order chi connectivity index (χ1) is 20.1. The number of hydrogen-bond acceptors (Lipinski definition) is 5. The van der Waals surface area contributed by atoms with Crippen LogP contribution in [0.25, 0.3) is 0 Å². The lowest BCUT2D eigenvalue weighted by atomic mass is 9.74. The number of fused-ring (bicyclic) bond motifs is 2. The van der Waals surface area contributed by atoms with Gasteiger partial charge in [-0.3, -0.25) is 0 Å². The van der Waals surface area contributed by atoms with E-state index in [1.165, 1.54) is 83.5 Å². The van der Waals surface area contributed by atoms with E-state index in [0.717, 1.165) is 54.4 Å². The van der Waals surface area contributed by atoms with Gasteiger partial charge in [0, 0.05) is 34.4 Å². The lowest BCUT2D eigenvalue weighted by Crippen LogP contribution is -2.41. The molecule has 3 saturated carbocycles. The molecule has 5 heteroatoms. The molecular weight excluding hydrogens is 522 g/mol. The van der Waals surface area contributed by atoms with Crippen LogP contribution in [0.4, 0.5) is 0 Å². The van der Waals surface area contributed by atoms with E-state index in [4.69, 9.17) is 4.74 Å². The van der Waals surface area contributed by atoms with Crippen LogP contribution in [-0.4, -0.2) is 34.8 Å². The number of nitrogens with one attached hydrogen (secondary N) is 1. The number of allylic oxidation sites excluding steroid dienone is 2. The Bertz CT molecular complexity index is 1080. The number of hydrogen-bond donors (Lipinski definition) is 1. The number of nitriles is 2. The van der Waals surface area contributed by atoms with E-state index >= 15 is 0 Å². The van der Waals surface area contributed by atoms with Crippen LogP contribution in [-0.2, 0) is 4.74 Å². The molecule has 0 spiro atoms. The fourth-order valence-corrected chi connectivity index (χ4v) is 12.0. The van der Waals surface area contributed by atoms with Crippen molar-refractivity contribution in [3.8, 4) is 12.1 Å². The zero-order chi connectivity index (χ0) is 27.8. The Balaban J connectivity index is 0.828. The van der Waals surface area contributed by atoms with Gasteiger partial charge in [-0.15, -0.1) is 0 Å². The minimum atomic E-state index is 0.272. The van der Waals surface area contributed by atoms with Crippen molar-refractivity contribution in [2.75, 3.05) is 0 Å². The van der Waals surface area contributed by atoms with Crippen molar-refractivity contribution in [2.24, 2.45) is 35.5 Å². The lowest BCUT2D eigenvalue weighted by Gasteiger charge is -2.36. The second-order valence-electron chi connectivity index (χ2n) is 14.9. The van der Waals surface area contributed by atoms with E-state index in [9.17, 15) is 10.5 Å². The van der Waals surface area contributed by atoms with Gasteiger partial charge in [0.2, 0.25) is 0 Å². The van der Waals surface area contributed by atoms with Gasteiger partial charge < -0.3 is 10.1 Å². The highest BCUT2D eigenvalue weighted by Crippen LogP contribution is 2.51. The van der Waals surface area contributed by atoms with Crippen LogP contribution in [0.1, 0.15) is 116 Å². The highest BCUT2D eigenvalue weighted by Gasteiger charge is 2.43. The quantitative estimate of drug-likeness (QED) is 0.335. The van der Waals surface area contributed by atoms with Crippen molar-refractivity contribution in [1.82, 2.24) is 5.32 Å². The van der Waals surface area contributed by atoms with Gasteiger partial charge in [0.1, 0.15) is 0 Å². The minimum Gasteiger partial charge on any atom is -0.374 e. The highest BCUT2D eigenvalue weighted by molar-refractivity contribution is 8.01. The molecule has 9 unspecified atom stereocenters. The Labute approximate surface area is 253 Å². The molecule has 7 rings (SSSR count). The first-order valence-corrected chi connectivity index (χ1v) is 18.3. The van der Waals surface area contributed by atoms with Gasteiger partial charge in [0.25, 0.3) is 0 Å². The molecule has 5 fully saturated rings. The summed E-state index contributed by atoms with van der Waals surface area (Å²) in [6.07, 6.45) is 28.5. The Kier molecular flexibility index (Phi) is 8.87. The molecule has 0 bridgehead atoms. The maximum atomic E-state index is 9.37. The van der Waals surface area contributed by atoms with Gasteiger partial charge in [-0.2, -0.15) is 22.3 Å². The third-order valence-electron chi connectivity index (χ3n) is 12.5. The summed E-state index contributed by atoms with van der Waals surface area (Å²) in [7, 11) is 0. The summed E-state index contributed by atoms with van der Waals surface area (Å²) < 4.78 is 6.57. The second-order valence-corrected chi connectivity index (χ2v) is 16.4. The van der Waals surface area contributed by atoms with E-state index in [-0.39, 0.29) is 5.92 Å². The molecule has 5 aliphatic carbocycles. The summed E-state index contributed by atoms with van der Waals surface area (Å²) in [4.78, 5) is 0. The molecule has 1 N–H and O–H groups in total. The minimum absolute atomic E-state index is 0.272. The zero-order valence-corrected chi connectivity index (χ0v) is 25.8. The summed E-state index contributed by atoms with van der Waals surface area (Å²) in [5, 5.41) is 24.4. The van der Waals surface area contributed by atoms with Gasteiger partial charge in [0.05, 0.1) is 24.3 Å². The lowest BCUT2D eigenvalue weighted by molar-refractivity contribution is -0.0132. The van der Waals surface area contributed by atoms with Crippen LogP contribution in [0.3, 0.4) is 0 Å². The van der Waals surface area contributed by atoms with E-state index in [0.29, 0.717) is 42.0 Å². The fourth-order valence-electron chi connectivity index (χ4n) is 10.1. The number of nitrogens with zero attached hydrogens (tertiary/aromatic N) is 2. The van der Waals surface area contributed by atoms with Gasteiger partial charge in [-0.05, 0) is 139 Å². The van der Waals surface area contributed by atoms with Crippen molar-refractivity contribution in [2.45, 2.75) is 150 Å². The van der Waals surface area contributed by atoms with Crippen LogP contribution >= 0.6 is 11.8 Å². The Morgan fingerprint density at radius 2 is 1.41 bits per heavy atom. The third kappa shape index (κ3) is 6.35. The summed E-state index contributed by atoms with van der Waals surface area (Å²) in [5.41, 5.74) is 3.50. The average molecular weight is 574 g/mol. The molecule has 0 aromatic rings. The van der Waals surface area contributed by atoms with Crippen LogP contribution in [0.2, 0.25) is 0 Å². The van der Waals surface area contributed by atoms with E-state index in [1.54, 1.807) is 11.1 Å². The second kappa shape index (κ2) is 12.8. The maximum absolute atomic E-state index is 9.37. The molecule has 2 aliphatic heterocycles. The smallest absolute Gasteiger partial charge is 0.0655 e. The molecule has 2 heterocycles. The van der Waals surface area contributed by atoms with Crippen LogP contribution in [0.5, 0.6) is 0 Å². The van der Waals surface area contributed by atoms with Gasteiger partial charge >= 0.3 is 0 Å². The maximum Gasteiger partial charge on any atom is 0.0655 e. The van der Waals surface area contributed by atoms with E-state index < -0.39 is 0 Å². The summed E-state index contributed by atoms with van der Waals surface area (Å²) in [5.74, 6) is 3.55. The molecule has 0 radical (unpaired) electrons. The first kappa shape index (κ1) is 28.5. The normalized spacial score (nSPS) is 46.4. The van der Waals surface area contributed by atoms with Crippen LogP contribution in [0, 0.1) is 58.2 Å². The molecule has 222 valence electrons. The summed E-state index contributed by atoms with van der Waals surface area (Å²) >= 11 is 2.26. The number of rotatable bonds is 5. The number of ether oxygens (including phenoxy) is 1. The molecule has 2 saturated heterocycles. The van der Waals surface area contributed by atoms with Crippen molar-refractivity contribution in [3.63, 3.8) is 0 Å². The number of thioether (sulfide) groups is 1. The van der Waals surface area contributed by atoms with Gasteiger partial charge in [-0.25, -0.2) is 0 Å². The zero-order valence-electron chi connectivity index (χ0n) is 25.0. The van der Waals surface area contributed by atoms with Crippen molar-refractivity contribution >= 4 is 11.8 Å². The van der Waals surface area contributed by atoms with Crippen molar-refractivity contribution in [1.29, 1.82) is 10.5 Å². The van der Waals surface area contributed by atoms with E-state index in [1.807, 2.05) is 0 Å². The Morgan fingerprint density at radius 3 is 2.15 bits per heavy atom. The SMILES string of the molecule is N#CC1CCC2O[C@@H](C3CC=C(C4CCC(NC5CC=C(C6CC7CC(C#N)CCC7S6)CC5)CC4)CC3)CC2C1. The van der Waals surface area contributed by atoms with Crippen LogP contribution in [0.15, 0.2) is 23.3 Å². The largest absolute Gasteiger partial charge is 0.374 e. The van der Waals surface area contributed by atoms with Crippen molar-refractivity contribution in [3.05, 3.63) is 23.3 Å². The predicted molar refractivity (Wildman–Crippen MR) is 166 cm³/mol. The monoisotopic (exact) mass is 573 g/mol. The molecular formula is C36H51N3OS. The highest BCUT2D eigenvalue weighted by atomic mass is 32.2. The first-order valence-electron chi connectivity index (χ1n) is 17.4. The summed E-state index contributed by atoms with van der Waals surface area (Å²) in [6.45, 7) is 0. The Morgan fingerprint density at radius 1 is 0.659 bits per heavy atom. The summed E-state index contributed by atoms with van der Waals surface area (Å²) in [6, 6.07) is 6.45. The average Bonchev–Trinajstić information content (AvgIpc) is 3.65. The molecule has 41 heavy (non-hydrogen) atoms. The van der Waals surface area contributed by atoms with Gasteiger partial charge in [0.15, 0.2) is 0 Å². The van der Waals surface area contributed by atoms with E-state index in [2.05, 4.69) is 41.4 Å². The standard InChI is InChI=1S/C36H51N3OS/c37-21-23-1-15-33-29(17-23)19-34(40-33)27-5-3-25(4-6-27)26-7-11-31(12-8-26)39-32-13-9-28(10-14-32)36-20-30-18-24(22-38)2-16-35(30)41-36/h3,9,23-24,26-27,29-36,39H,1-2,4-8,10-20H2/t23?,24?,26?,27?,29?,30?,31?,32?,33?,34-,35?,36?/m1/s1. The molecule has 0 aromatic carbocycles. The molecule has 0 aromatic heterocycles. The van der Waals surface area contributed by atoms with Crippen LogP contribution < -0.4 is 5.32 Å². The third-order valence-corrected chi connectivity index (χ3v) is 14.3. The molecule has 7 aliphatic rings. The fraction of sp³-hybridized carbons (Fsp3) is 0.833. The van der Waals surface area contributed by atoms with Crippen molar-refractivity contribution < 1.29 is 4.74 Å². The Hall–Kier alpha value is -1.27. The van der Waals surface area contributed by atoms with Gasteiger partial charge in [-0.1, -0.05) is 23.3 Å². The molecule has 0 amide bonds. The molecule has 10 atom stereocenters. The molecule has 4 nitrogen and oxygen atoms in total.